The molecule has 312 valence electrons. The van der Waals surface area contributed by atoms with Crippen LogP contribution >= 0.6 is 8.53 Å². The Morgan fingerprint density at radius 1 is 0.983 bits per heavy atom. The molecule has 5 aromatic rings. The maximum absolute atomic E-state index is 13.3. The van der Waals surface area contributed by atoms with Crippen molar-refractivity contribution in [1.29, 1.82) is 5.26 Å². The number of nitrogens with zero attached hydrogens (tertiary/aromatic N) is 7. The predicted octanol–water partition coefficient (Wildman–Crippen LogP) is 7.32. The molecule has 4 atom stereocenters. The van der Waals surface area contributed by atoms with Gasteiger partial charge in [0.05, 0.1) is 58.7 Å². The minimum Gasteiger partial charge on any atom is -0.497 e. The van der Waals surface area contributed by atoms with E-state index >= 15 is 0 Å². The molecule has 1 saturated heterocycles. The monoisotopic (exact) mass is 824 g/mol. The lowest BCUT2D eigenvalue weighted by molar-refractivity contribution is -0.0839. The van der Waals surface area contributed by atoms with Gasteiger partial charge in [-0.2, -0.15) is 10.2 Å². The van der Waals surface area contributed by atoms with Gasteiger partial charge in [0, 0.05) is 32.6 Å². The van der Waals surface area contributed by atoms with Gasteiger partial charge in [0.25, 0.3) is 14.1 Å². The van der Waals surface area contributed by atoms with E-state index in [-0.39, 0.29) is 48.8 Å². The van der Waals surface area contributed by atoms with E-state index in [2.05, 4.69) is 53.4 Å². The number of ether oxygens (including phenoxy) is 4. The first-order valence-electron chi connectivity index (χ1n) is 19.6. The zero-order valence-corrected chi connectivity index (χ0v) is 35.7. The van der Waals surface area contributed by atoms with Crippen molar-refractivity contribution < 1.29 is 28.0 Å². The summed E-state index contributed by atoms with van der Waals surface area (Å²) in [7, 11) is 5.25. The molecular formula is C43H53N8O7P. The quantitative estimate of drug-likeness (QED) is 0.0291. The Morgan fingerprint density at radius 3 is 2.15 bits per heavy atom. The Morgan fingerprint density at radius 2 is 1.59 bits per heavy atom. The van der Waals surface area contributed by atoms with Gasteiger partial charge < -0.3 is 32.9 Å². The summed E-state index contributed by atoms with van der Waals surface area (Å²) in [6.07, 6.45) is 1.77. The minimum absolute atomic E-state index is 0.0648. The van der Waals surface area contributed by atoms with Crippen molar-refractivity contribution >= 4 is 32.0 Å². The highest BCUT2D eigenvalue weighted by Gasteiger charge is 2.45. The molecule has 16 heteroatoms. The van der Waals surface area contributed by atoms with Crippen molar-refractivity contribution in [3.63, 3.8) is 0 Å². The average Bonchev–Trinajstić information content (AvgIpc) is 3.84. The van der Waals surface area contributed by atoms with Crippen LogP contribution < -0.4 is 15.0 Å². The Bertz CT molecular complexity index is 2190. The largest absolute Gasteiger partial charge is 0.497 e. The molecule has 1 aliphatic rings. The molecule has 0 saturated carbocycles. The predicted molar refractivity (Wildman–Crippen MR) is 227 cm³/mol. The number of nitrogens with one attached hydrogen (secondary N) is 1. The van der Waals surface area contributed by atoms with Gasteiger partial charge in [-0.15, -0.1) is 0 Å². The molecule has 59 heavy (non-hydrogen) atoms. The fourth-order valence-electron chi connectivity index (χ4n) is 7.20. The number of imidazole rings is 1. The van der Waals surface area contributed by atoms with Crippen molar-refractivity contribution in [2.45, 2.75) is 76.7 Å². The van der Waals surface area contributed by atoms with Crippen molar-refractivity contribution in [3.05, 3.63) is 112 Å². The van der Waals surface area contributed by atoms with Crippen LogP contribution in [0.4, 0.5) is 5.95 Å². The van der Waals surface area contributed by atoms with Gasteiger partial charge in [-0.05, 0) is 68.7 Å². The van der Waals surface area contributed by atoms with Crippen LogP contribution in [-0.4, -0.2) is 101 Å². The van der Waals surface area contributed by atoms with Crippen molar-refractivity contribution in [1.82, 2.24) is 29.1 Å². The van der Waals surface area contributed by atoms with E-state index in [1.807, 2.05) is 93.0 Å². The van der Waals surface area contributed by atoms with Gasteiger partial charge in [0.1, 0.15) is 23.2 Å². The molecule has 0 aliphatic carbocycles. The maximum atomic E-state index is 13.3. The second-order valence-corrected chi connectivity index (χ2v) is 16.2. The smallest absolute Gasteiger partial charge is 0.280 e. The van der Waals surface area contributed by atoms with Crippen LogP contribution in [0.5, 0.6) is 11.5 Å². The van der Waals surface area contributed by atoms with Crippen LogP contribution in [0.2, 0.25) is 0 Å². The normalized spacial score (nSPS) is 17.6. The molecule has 1 unspecified atom stereocenters. The Kier molecular flexibility index (Phi) is 14.5. The topological polar surface area (TPSA) is 162 Å². The molecular weight excluding hydrogens is 771 g/mol. The lowest BCUT2D eigenvalue weighted by atomic mass is 9.80. The van der Waals surface area contributed by atoms with E-state index < -0.39 is 38.1 Å². The van der Waals surface area contributed by atoms with Gasteiger partial charge >= 0.3 is 0 Å². The number of benzene rings is 3. The number of nitriles is 1. The van der Waals surface area contributed by atoms with Crippen LogP contribution in [0.1, 0.15) is 63.5 Å². The highest BCUT2D eigenvalue weighted by Crippen LogP contribution is 2.51. The lowest BCUT2D eigenvalue weighted by Gasteiger charge is -2.37. The summed E-state index contributed by atoms with van der Waals surface area (Å²) < 4.78 is 42.5. The molecule has 6 rings (SSSR count). The van der Waals surface area contributed by atoms with E-state index in [0.29, 0.717) is 17.9 Å². The molecule has 1 aliphatic heterocycles. The second-order valence-electron chi connectivity index (χ2n) is 14.8. The van der Waals surface area contributed by atoms with Crippen LogP contribution in [0.3, 0.4) is 0 Å². The number of hydrogen-bond donors (Lipinski definition) is 1. The van der Waals surface area contributed by atoms with Crippen molar-refractivity contribution in [2.75, 3.05) is 41.5 Å². The standard InChI is InChI=1S/C43H53N8O7P/c1-29(2)51(30(3)4)59(56-24-12-23-44)58-37-25-36(57-41(37)50-28-45-38-39(50)47-42(48-40(38)52)46-27-49(5)6)26-55-43(31-13-10-9-11-14-31,32-15-19-34(53-7)20-16-32)33-17-21-35(54-8)22-18-33/h9-11,13-22,27-30,36-37,41H,12,24-26H2,1-8H3,(H,47,48,52)/b46-27-/t36-,37+,41+,59?/m0/s1. The lowest BCUT2D eigenvalue weighted by Crippen LogP contribution is -2.36. The van der Waals surface area contributed by atoms with E-state index in [9.17, 15) is 10.1 Å². The fourth-order valence-corrected chi connectivity index (χ4v) is 8.92. The average molecular weight is 825 g/mol. The first-order chi connectivity index (χ1) is 28.5. The van der Waals surface area contributed by atoms with Gasteiger partial charge in [-0.1, -0.05) is 54.6 Å². The number of hydrogen-bond acceptors (Lipinski definition) is 12. The number of methoxy groups -OCH3 is 2. The molecule has 0 amide bonds. The number of aromatic amines is 1. The summed E-state index contributed by atoms with van der Waals surface area (Å²) in [5, 5.41) is 9.38. The van der Waals surface area contributed by atoms with Gasteiger partial charge in [-0.3, -0.25) is 14.3 Å². The molecule has 3 aromatic carbocycles. The Labute approximate surface area is 346 Å². The van der Waals surface area contributed by atoms with Crippen molar-refractivity contribution in [3.8, 4) is 17.6 Å². The van der Waals surface area contributed by atoms with Gasteiger partial charge in [-0.25, -0.2) is 14.6 Å². The van der Waals surface area contributed by atoms with Gasteiger partial charge in [0.2, 0.25) is 5.95 Å². The number of H-pyrrole nitrogens is 1. The fraction of sp³-hybridized carbons (Fsp3) is 0.419. The molecule has 2 aromatic heterocycles. The van der Waals surface area contributed by atoms with E-state index in [0.717, 1.165) is 16.7 Å². The molecule has 15 nitrogen and oxygen atoms in total. The highest BCUT2D eigenvalue weighted by molar-refractivity contribution is 7.44. The van der Waals surface area contributed by atoms with Gasteiger partial charge in [0.15, 0.2) is 17.4 Å². The number of aromatic nitrogens is 4. The summed E-state index contributed by atoms with van der Waals surface area (Å²) in [5.41, 5.74) is 1.57. The van der Waals surface area contributed by atoms with Crippen molar-refractivity contribution in [2.24, 2.45) is 4.99 Å². The number of aliphatic imine (C=N–C) groups is 1. The SMILES string of the molecule is COc1ccc(C(OC[C@@H]2C[C@@H](OP(OCCC#N)N(C(C)C)C(C)C)[C@H](n3cnc4c(=O)[nH]c(/N=C\N(C)C)nc43)O2)(c2ccccc2)c2ccc(OC)cc2)cc1. The minimum atomic E-state index is -1.68. The first-order valence-corrected chi connectivity index (χ1v) is 20.7. The zero-order valence-electron chi connectivity index (χ0n) is 34.8. The molecule has 1 N–H and O–H groups in total. The van der Waals surface area contributed by atoms with Crippen LogP contribution in [0.25, 0.3) is 11.2 Å². The molecule has 0 radical (unpaired) electrons. The van der Waals surface area contributed by atoms with Crippen LogP contribution in [-0.2, 0) is 24.1 Å². The number of fused-ring (bicyclic) bond motifs is 1. The second kappa shape index (κ2) is 19.7. The summed E-state index contributed by atoms with van der Waals surface area (Å²) in [5.74, 6) is 1.55. The maximum Gasteiger partial charge on any atom is 0.280 e. The summed E-state index contributed by atoms with van der Waals surface area (Å²) in [6.45, 7) is 8.67. The molecule has 1 fully saturated rings. The zero-order chi connectivity index (χ0) is 42.1. The first kappa shape index (κ1) is 43.4. The Balaban J connectivity index is 1.43. The third-order valence-corrected chi connectivity index (χ3v) is 12.0. The van der Waals surface area contributed by atoms with Crippen LogP contribution in [0, 0.1) is 11.3 Å². The summed E-state index contributed by atoms with van der Waals surface area (Å²) in [6, 6.07) is 28.1. The third kappa shape index (κ3) is 9.82. The summed E-state index contributed by atoms with van der Waals surface area (Å²) >= 11 is 0. The summed E-state index contributed by atoms with van der Waals surface area (Å²) in [4.78, 5) is 31.2. The van der Waals surface area contributed by atoms with Crippen LogP contribution in [0.15, 0.2) is 95.0 Å². The van der Waals surface area contributed by atoms with E-state index in [4.69, 9.17) is 33.0 Å². The highest BCUT2D eigenvalue weighted by atomic mass is 31.2. The molecule has 0 spiro atoms. The van der Waals surface area contributed by atoms with E-state index in [1.165, 1.54) is 0 Å². The third-order valence-electron chi connectivity index (χ3n) is 9.80. The molecule has 0 bridgehead atoms. The molecule has 3 heterocycles. The van der Waals surface area contributed by atoms with E-state index in [1.54, 1.807) is 36.4 Å². The Hall–Kier alpha value is -5.20. The number of rotatable bonds is 19.